The van der Waals surface area contributed by atoms with Crippen LogP contribution in [0.2, 0.25) is 0 Å². The molecule has 0 aromatic heterocycles. The number of ether oxygens (including phenoxy) is 2. The lowest BCUT2D eigenvalue weighted by molar-refractivity contribution is -0.133. The van der Waals surface area contributed by atoms with E-state index >= 15 is 0 Å². The van der Waals surface area contributed by atoms with Gasteiger partial charge >= 0.3 is 6.09 Å². The molecular formula is C24H31N3O5. The summed E-state index contributed by atoms with van der Waals surface area (Å²) in [5.41, 5.74) is 1.10. The highest BCUT2D eigenvalue weighted by Gasteiger charge is 2.27. The van der Waals surface area contributed by atoms with E-state index in [9.17, 15) is 14.4 Å². The molecule has 3 rings (SSSR count). The number of likely N-dealkylation sites (tertiary alicyclic amines) is 1. The second-order valence-electron chi connectivity index (χ2n) is 9.01. The van der Waals surface area contributed by atoms with Crippen LogP contribution >= 0.6 is 0 Å². The van der Waals surface area contributed by atoms with E-state index in [-0.39, 0.29) is 24.0 Å². The molecule has 2 fully saturated rings. The van der Waals surface area contributed by atoms with Gasteiger partial charge in [0.2, 0.25) is 11.8 Å². The third kappa shape index (κ3) is 7.27. The van der Waals surface area contributed by atoms with Crippen molar-refractivity contribution in [3.8, 4) is 11.8 Å². The Morgan fingerprint density at radius 1 is 1.22 bits per heavy atom. The molecule has 2 aliphatic rings. The molecule has 2 N–H and O–H groups in total. The molecule has 1 aromatic carbocycles. The molecule has 1 aromatic rings. The highest BCUT2D eigenvalue weighted by molar-refractivity contribution is 6.01. The molecule has 2 saturated heterocycles. The van der Waals surface area contributed by atoms with Crippen molar-refractivity contribution in [1.29, 1.82) is 0 Å². The summed E-state index contributed by atoms with van der Waals surface area (Å²) >= 11 is 0. The number of nitrogens with zero attached hydrogens (tertiary/aromatic N) is 1. The lowest BCUT2D eigenvalue weighted by Crippen LogP contribution is -2.47. The van der Waals surface area contributed by atoms with Crippen molar-refractivity contribution in [2.45, 2.75) is 64.2 Å². The van der Waals surface area contributed by atoms with Gasteiger partial charge in [0.1, 0.15) is 18.2 Å². The van der Waals surface area contributed by atoms with Crippen LogP contribution in [0.15, 0.2) is 24.3 Å². The summed E-state index contributed by atoms with van der Waals surface area (Å²) in [5, 5.41) is 5.50. The minimum absolute atomic E-state index is 0.0727. The first-order chi connectivity index (χ1) is 15.2. The van der Waals surface area contributed by atoms with E-state index < -0.39 is 11.6 Å². The predicted octanol–water partition coefficient (Wildman–Crippen LogP) is 2.67. The number of anilines is 1. The summed E-state index contributed by atoms with van der Waals surface area (Å²) in [6.07, 6.45) is 2.11. The highest BCUT2D eigenvalue weighted by atomic mass is 16.6. The van der Waals surface area contributed by atoms with E-state index in [1.807, 2.05) is 45.0 Å². The second-order valence-corrected chi connectivity index (χ2v) is 9.01. The topological polar surface area (TPSA) is 97.0 Å². The monoisotopic (exact) mass is 441 g/mol. The summed E-state index contributed by atoms with van der Waals surface area (Å²) in [4.78, 5) is 37.0. The van der Waals surface area contributed by atoms with Crippen LogP contribution in [0.4, 0.5) is 10.5 Å². The third-order valence-electron chi connectivity index (χ3n) is 5.16. The van der Waals surface area contributed by atoms with Crippen LogP contribution in [-0.4, -0.2) is 60.3 Å². The van der Waals surface area contributed by atoms with E-state index in [4.69, 9.17) is 9.47 Å². The molecule has 0 radical (unpaired) electrons. The number of piperidine rings is 2. The van der Waals surface area contributed by atoms with Gasteiger partial charge in [-0.25, -0.2) is 4.79 Å². The van der Waals surface area contributed by atoms with Crippen molar-refractivity contribution in [1.82, 2.24) is 10.2 Å². The van der Waals surface area contributed by atoms with E-state index in [2.05, 4.69) is 22.5 Å². The van der Waals surface area contributed by atoms with Crippen molar-refractivity contribution in [2.75, 3.05) is 25.0 Å². The fourth-order valence-electron chi connectivity index (χ4n) is 3.55. The summed E-state index contributed by atoms with van der Waals surface area (Å²) in [5.74, 6) is 5.57. The largest absolute Gasteiger partial charge is 0.444 e. The van der Waals surface area contributed by atoms with E-state index in [0.29, 0.717) is 32.5 Å². The molecule has 2 aliphatic heterocycles. The van der Waals surface area contributed by atoms with Gasteiger partial charge in [-0.1, -0.05) is 17.9 Å². The number of rotatable bonds is 4. The first-order valence-electron chi connectivity index (χ1n) is 11.0. The lowest BCUT2D eigenvalue weighted by Gasteiger charge is -2.33. The van der Waals surface area contributed by atoms with Crippen molar-refractivity contribution in [2.24, 2.45) is 0 Å². The van der Waals surface area contributed by atoms with Crippen molar-refractivity contribution in [3.05, 3.63) is 29.8 Å². The summed E-state index contributed by atoms with van der Waals surface area (Å²) < 4.78 is 11.3. The zero-order valence-electron chi connectivity index (χ0n) is 18.9. The molecule has 1 atom stereocenters. The smallest absolute Gasteiger partial charge is 0.410 e. The van der Waals surface area contributed by atoms with E-state index in [0.717, 1.165) is 24.1 Å². The van der Waals surface area contributed by atoms with E-state index in [1.165, 1.54) is 0 Å². The van der Waals surface area contributed by atoms with Crippen molar-refractivity contribution in [3.63, 3.8) is 0 Å². The van der Waals surface area contributed by atoms with Crippen LogP contribution < -0.4 is 10.6 Å². The Balaban J connectivity index is 1.42. The van der Waals surface area contributed by atoms with Gasteiger partial charge in [0.25, 0.3) is 0 Å². The van der Waals surface area contributed by atoms with Crippen LogP contribution in [-0.2, 0) is 19.1 Å². The number of carbonyl (C=O) groups is 3. The van der Waals surface area contributed by atoms with Crippen molar-refractivity contribution >= 4 is 23.6 Å². The molecular weight excluding hydrogens is 410 g/mol. The molecule has 0 aliphatic carbocycles. The molecule has 8 nitrogen and oxygen atoms in total. The van der Waals surface area contributed by atoms with Crippen LogP contribution in [0.25, 0.3) is 0 Å². The van der Waals surface area contributed by atoms with Gasteiger partial charge in [-0.05, 0) is 58.2 Å². The molecule has 1 unspecified atom stereocenters. The Morgan fingerprint density at radius 2 is 1.97 bits per heavy atom. The molecule has 2 heterocycles. The number of amides is 3. The molecule has 0 spiro atoms. The van der Waals surface area contributed by atoms with Gasteiger partial charge < -0.3 is 19.7 Å². The molecule has 0 bridgehead atoms. The number of benzene rings is 1. The summed E-state index contributed by atoms with van der Waals surface area (Å²) in [6.45, 7) is 7.12. The number of carbonyl (C=O) groups excluding carboxylic acids is 3. The molecule has 172 valence electrons. The minimum Gasteiger partial charge on any atom is -0.444 e. The van der Waals surface area contributed by atoms with Gasteiger partial charge in [-0.3, -0.25) is 14.9 Å². The maximum Gasteiger partial charge on any atom is 0.410 e. The third-order valence-corrected chi connectivity index (χ3v) is 5.16. The fraction of sp³-hybridized carbons (Fsp3) is 0.542. The average molecular weight is 442 g/mol. The Hall–Kier alpha value is -3.05. The molecule has 3 amide bonds. The van der Waals surface area contributed by atoms with Crippen LogP contribution in [0, 0.1) is 11.8 Å². The minimum atomic E-state index is -0.491. The second kappa shape index (κ2) is 10.5. The molecule has 32 heavy (non-hydrogen) atoms. The van der Waals surface area contributed by atoms with Crippen molar-refractivity contribution < 1.29 is 23.9 Å². The average Bonchev–Trinajstić information content (AvgIpc) is 2.73. The quantitative estimate of drug-likeness (QED) is 0.551. The van der Waals surface area contributed by atoms with Gasteiger partial charge in [0.15, 0.2) is 0 Å². The summed E-state index contributed by atoms with van der Waals surface area (Å²) in [6, 6.07) is 7.07. The number of imide groups is 1. The summed E-state index contributed by atoms with van der Waals surface area (Å²) in [7, 11) is 0. The Kier molecular flexibility index (Phi) is 7.75. The zero-order chi connectivity index (χ0) is 23.1. The fourth-order valence-corrected chi connectivity index (χ4v) is 3.55. The lowest BCUT2D eigenvalue weighted by atomic mass is 10.1. The standard InChI is InChI=1S/C24H31N3O5/c1-24(2,3)32-23(30)27-13-11-19(12-14-27)31-15-5-7-17-6-4-8-18(16-17)25-20-9-10-21(28)26-22(20)29/h4,6,8,16,19-20,25H,9-15H2,1-3H3,(H,26,28,29). The van der Waals surface area contributed by atoms with E-state index in [1.54, 1.807) is 4.90 Å². The maximum atomic E-state index is 12.1. The van der Waals surface area contributed by atoms with Crippen LogP contribution in [0.1, 0.15) is 52.0 Å². The first kappa shape index (κ1) is 23.6. The highest BCUT2D eigenvalue weighted by Crippen LogP contribution is 2.18. The Bertz CT molecular complexity index is 904. The van der Waals surface area contributed by atoms with Crippen LogP contribution in [0.3, 0.4) is 0 Å². The molecule has 0 saturated carbocycles. The van der Waals surface area contributed by atoms with Gasteiger partial charge in [-0.2, -0.15) is 0 Å². The SMILES string of the molecule is CC(C)(C)OC(=O)N1CCC(OCC#Cc2cccc(NC3CCC(=O)NC3=O)c2)CC1. The number of nitrogens with one attached hydrogen (secondary N) is 2. The Morgan fingerprint density at radius 3 is 2.66 bits per heavy atom. The number of hydrogen-bond donors (Lipinski definition) is 2. The first-order valence-corrected chi connectivity index (χ1v) is 11.0. The molecule has 8 heteroatoms. The number of hydrogen-bond acceptors (Lipinski definition) is 6. The van der Waals surface area contributed by atoms with Crippen LogP contribution in [0.5, 0.6) is 0 Å². The predicted molar refractivity (Wildman–Crippen MR) is 120 cm³/mol. The van der Waals surface area contributed by atoms with Gasteiger partial charge in [-0.15, -0.1) is 0 Å². The normalized spacial score (nSPS) is 19.6. The van der Waals surface area contributed by atoms with Gasteiger partial charge in [0, 0.05) is 30.8 Å². The zero-order valence-corrected chi connectivity index (χ0v) is 18.9. The van der Waals surface area contributed by atoms with Gasteiger partial charge in [0.05, 0.1) is 6.10 Å². The maximum absolute atomic E-state index is 12.1. The Labute approximate surface area is 189 Å².